The van der Waals surface area contributed by atoms with Crippen LogP contribution in [0.15, 0.2) is 0 Å². The molecule has 0 aliphatic rings. The molecular formula is C16H21ClF3N5O. The van der Waals surface area contributed by atoms with E-state index in [1.807, 2.05) is 25.5 Å². The number of rotatable bonds is 5. The third kappa shape index (κ3) is 3.87. The second-order valence-electron chi connectivity index (χ2n) is 6.12. The minimum absolute atomic E-state index is 0.104. The van der Waals surface area contributed by atoms with Gasteiger partial charge in [-0.2, -0.15) is 23.4 Å². The van der Waals surface area contributed by atoms with Crippen molar-refractivity contribution < 1.29 is 18.0 Å². The first kappa shape index (κ1) is 20.3. The van der Waals surface area contributed by atoms with Crippen molar-refractivity contribution in [2.24, 2.45) is 0 Å². The van der Waals surface area contributed by atoms with E-state index < -0.39 is 16.9 Å². The van der Waals surface area contributed by atoms with Crippen LogP contribution in [0.2, 0.25) is 5.02 Å². The van der Waals surface area contributed by atoms with Crippen LogP contribution < -0.4 is 0 Å². The van der Waals surface area contributed by atoms with Gasteiger partial charge in [0.05, 0.1) is 16.4 Å². The SMILES string of the molecule is CCn1nc(C)c(CN(C)C(=O)Cn2nc(C(F)(F)F)c(Cl)c2C)c1C. The minimum atomic E-state index is -4.66. The van der Waals surface area contributed by atoms with Crippen LogP contribution in [-0.2, 0) is 30.6 Å². The lowest BCUT2D eigenvalue weighted by Crippen LogP contribution is -2.31. The first-order valence-corrected chi connectivity index (χ1v) is 8.42. The fourth-order valence-corrected chi connectivity index (χ4v) is 2.95. The molecule has 2 aromatic rings. The zero-order valence-electron chi connectivity index (χ0n) is 15.3. The summed E-state index contributed by atoms with van der Waals surface area (Å²) in [5, 5.41) is 7.38. The number of carbonyl (C=O) groups is 1. The normalized spacial score (nSPS) is 11.9. The van der Waals surface area contributed by atoms with Gasteiger partial charge in [0.15, 0.2) is 5.69 Å². The zero-order chi connectivity index (χ0) is 19.8. The molecule has 0 aliphatic carbocycles. The molecule has 0 aliphatic heterocycles. The summed E-state index contributed by atoms with van der Waals surface area (Å²) in [6.07, 6.45) is -4.66. The summed E-state index contributed by atoms with van der Waals surface area (Å²) in [7, 11) is 1.59. The molecule has 0 N–H and O–H groups in total. The number of aryl methyl sites for hydroxylation is 2. The number of hydrogen-bond donors (Lipinski definition) is 0. The zero-order valence-corrected chi connectivity index (χ0v) is 16.0. The quantitative estimate of drug-likeness (QED) is 0.785. The maximum atomic E-state index is 12.9. The number of aromatic nitrogens is 4. The van der Waals surface area contributed by atoms with Crippen LogP contribution in [0.5, 0.6) is 0 Å². The maximum absolute atomic E-state index is 12.9. The highest BCUT2D eigenvalue weighted by atomic mass is 35.5. The van der Waals surface area contributed by atoms with Crippen LogP contribution in [0.1, 0.15) is 35.3 Å². The average Bonchev–Trinajstić information content (AvgIpc) is 2.98. The summed E-state index contributed by atoms with van der Waals surface area (Å²) >= 11 is 5.71. The van der Waals surface area contributed by atoms with Crippen LogP contribution in [-0.4, -0.2) is 37.4 Å². The number of nitrogens with zero attached hydrogens (tertiary/aromatic N) is 5. The number of amides is 1. The average molecular weight is 392 g/mol. The third-order valence-corrected chi connectivity index (χ3v) is 4.79. The first-order valence-electron chi connectivity index (χ1n) is 8.04. The summed E-state index contributed by atoms with van der Waals surface area (Å²) in [5.74, 6) is -0.371. The Morgan fingerprint density at radius 2 is 1.77 bits per heavy atom. The summed E-state index contributed by atoms with van der Waals surface area (Å²) in [4.78, 5) is 13.9. The lowest BCUT2D eigenvalue weighted by atomic mass is 10.2. The van der Waals surface area contributed by atoms with E-state index in [2.05, 4.69) is 10.2 Å². The molecule has 0 saturated carbocycles. The fourth-order valence-electron chi connectivity index (χ4n) is 2.70. The van der Waals surface area contributed by atoms with Gasteiger partial charge in [0.1, 0.15) is 6.54 Å². The standard InChI is InChI=1S/C16H21ClF3N5O/c1-6-24-10(3)12(9(2)21-24)7-23(5)13(26)8-25-11(4)14(17)15(22-25)16(18,19)20/h6-8H2,1-5H3. The van der Waals surface area contributed by atoms with Crippen molar-refractivity contribution in [3.63, 3.8) is 0 Å². The van der Waals surface area contributed by atoms with Gasteiger partial charge in [0.2, 0.25) is 5.91 Å². The Morgan fingerprint density at radius 1 is 1.15 bits per heavy atom. The van der Waals surface area contributed by atoms with Crippen molar-refractivity contribution in [3.8, 4) is 0 Å². The van der Waals surface area contributed by atoms with E-state index in [0.717, 1.165) is 28.2 Å². The molecule has 2 heterocycles. The van der Waals surface area contributed by atoms with E-state index in [-0.39, 0.29) is 18.1 Å². The van der Waals surface area contributed by atoms with E-state index in [1.165, 1.54) is 11.8 Å². The molecule has 0 bridgehead atoms. The summed E-state index contributed by atoms with van der Waals surface area (Å²) < 4.78 is 41.5. The van der Waals surface area contributed by atoms with Crippen LogP contribution >= 0.6 is 11.6 Å². The van der Waals surface area contributed by atoms with Gasteiger partial charge in [-0.15, -0.1) is 0 Å². The number of likely N-dealkylation sites (N-methyl/N-ethyl adjacent to an activating group) is 1. The lowest BCUT2D eigenvalue weighted by molar-refractivity contribution is -0.142. The molecule has 6 nitrogen and oxygen atoms in total. The monoisotopic (exact) mass is 391 g/mol. The van der Waals surface area contributed by atoms with Gasteiger partial charge in [-0.25, -0.2) is 0 Å². The molecule has 0 aromatic carbocycles. The lowest BCUT2D eigenvalue weighted by Gasteiger charge is -2.18. The van der Waals surface area contributed by atoms with Crippen molar-refractivity contribution in [3.05, 3.63) is 33.4 Å². The molecule has 0 fully saturated rings. The van der Waals surface area contributed by atoms with Gasteiger partial charge >= 0.3 is 6.18 Å². The Balaban J connectivity index is 2.17. The van der Waals surface area contributed by atoms with E-state index in [0.29, 0.717) is 6.54 Å². The topological polar surface area (TPSA) is 56.0 Å². The Labute approximate surface area is 154 Å². The Kier molecular flexibility index (Phi) is 5.70. The molecule has 0 unspecified atom stereocenters. The van der Waals surface area contributed by atoms with Crippen molar-refractivity contribution in [1.29, 1.82) is 0 Å². The van der Waals surface area contributed by atoms with Gasteiger partial charge in [0, 0.05) is 31.4 Å². The van der Waals surface area contributed by atoms with E-state index >= 15 is 0 Å². The molecule has 0 atom stereocenters. The molecule has 26 heavy (non-hydrogen) atoms. The number of hydrogen-bond acceptors (Lipinski definition) is 3. The molecule has 2 rings (SSSR count). The van der Waals surface area contributed by atoms with E-state index in [9.17, 15) is 18.0 Å². The molecule has 0 spiro atoms. The molecule has 0 saturated heterocycles. The highest BCUT2D eigenvalue weighted by molar-refractivity contribution is 6.32. The highest BCUT2D eigenvalue weighted by Gasteiger charge is 2.38. The highest BCUT2D eigenvalue weighted by Crippen LogP contribution is 2.35. The van der Waals surface area contributed by atoms with Crippen LogP contribution in [0.25, 0.3) is 0 Å². The summed E-state index contributed by atoms with van der Waals surface area (Å²) in [6, 6.07) is 0. The predicted octanol–water partition coefficient (Wildman–Crippen LogP) is 3.36. The second kappa shape index (κ2) is 7.30. The smallest absolute Gasteiger partial charge is 0.340 e. The van der Waals surface area contributed by atoms with Gasteiger partial charge < -0.3 is 4.90 Å². The van der Waals surface area contributed by atoms with Crippen molar-refractivity contribution in [2.75, 3.05) is 7.05 Å². The van der Waals surface area contributed by atoms with E-state index in [1.54, 1.807) is 7.05 Å². The maximum Gasteiger partial charge on any atom is 0.436 e. The summed E-state index contributed by atoms with van der Waals surface area (Å²) in [5.41, 5.74) is 1.63. The van der Waals surface area contributed by atoms with Gasteiger partial charge in [-0.1, -0.05) is 11.6 Å². The van der Waals surface area contributed by atoms with Crippen LogP contribution in [0, 0.1) is 20.8 Å². The molecule has 0 radical (unpaired) electrons. The van der Waals surface area contributed by atoms with Crippen LogP contribution in [0.4, 0.5) is 13.2 Å². The molecule has 2 aromatic heterocycles. The minimum Gasteiger partial charge on any atom is -0.340 e. The first-order chi connectivity index (χ1) is 12.0. The van der Waals surface area contributed by atoms with Gasteiger partial charge in [-0.05, 0) is 27.7 Å². The molecule has 1 amide bonds. The fraction of sp³-hybridized carbons (Fsp3) is 0.562. The number of halogens is 4. The molecular weight excluding hydrogens is 371 g/mol. The van der Waals surface area contributed by atoms with Crippen molar-refractivity contribution >= 4 is 17.5 Å². The largest absolute Gasteiger partial charge is 0.436 e. The van der Waals surface area contributed by atoms with Crippen LogP contribution in [0.3, 0.4) is 0 Å². The van der Waals surface area contributed by atoms with E-state index in [4.69, 9.17) is 11.6 Å². The number of alkyl halides is 3. The number of carbonyl (C=O) groups excluding carboxylic acids is 1. The van der Waals surface area contributed by atoms with Crippen molar-refractivity contribution in [2.45, 2.75) is 53.5 Å². The predicted molar refractivity (Wildman–Crippen MR) is 90.8 cm³/mol. The van der Waals surface area contributed by atoms with Crippen molar-refractivity contribution in [1.82, 2.24) is 24.5 Å². The Bertz CT molecular complexity index is 825. The summed E-state index contributed by atoms with van der Waals surface area (Å²) in [6.45, 7) is 7.87. The molecule has 144 valence electrons. The van der Waals surface area contributed by atoms with Gasteiger partial charge in [0.25, 0.3) is 0 Å². The Morgan fingerprint density at radius 3 is 2.23 bits per heavy atom. The Hall–Kier alpha value is -2.03. The molecule has 10 heteroatoms. The third-order valence-electron chi connectivity index (χ3n) is 4.34. The second-order valence-corrected chi connectivity index (χ2v) is 6.50. The van der Waals surface area contributed by atoms with Gasteiger partial charge in [-0.3, -0.25) is 14.2 Å².